The summed E-state index contributed by atoms with van der Waals surface area (Å²) in [6.07, 6.45) is 4.29. The van der Waals surface area contributed by atoms with Crippen LogP contribution in [-0.2, 0) is 19.4 Å². The Morgan fingerprint density at radius 3 is 2.44 bits per heavy atom. The van der Waals surface area contributed by atoms with Crippen LogP contribution >= 0.6 is 11.3 Å². The third-order valence-corrected chi connectivity index (χ3v) is 8.38. The number of benzene rings is 2. The number of hydrazone groups is 1. The number of carbonyl (C=O) groups excluding carboxylic acids is 2. The summed E-state index contributed by atoms with van der Waals surface area (Å²) in [6, 6.07) is 13.3. The van der Waals surface area contributed by atoms with Crippen molar-refractivity contribution in [1.82, 2.24) is 10.3 Å². The molecule has 4 N–H and O–H groups in total. The largest absolute Gasteiger partial charge is 0.392 e. The minimum Gasteiger partial charge on any atom is -0.392 e. The summed E-state index contributed by atoms with van der Waals surface area (Å²) in [6.45, 7) is 8.81. The molecule has 0 bridgehead atoms. The van der Waals surface area contributed by atoms with E-state index in [1.54, 1.807) is 26.1 Å². The van der Waals surface area contributed by atoms with Crippen LogP contribution in [0.3, 0.4) is 0 Å². The van der Waals surface area contributed by atoms with E-state index < -0.39 is 12.2 Å². The number of nitrogens with one attached hydrogen (secondary N) is 2. The topological polar surface area (TPSA) is 114 Å². The second-order valence-corrected chi connectivity index (χ2v) is 12.1. The van der Waals surface area contributed by atoms with Crippen molar-refractivity contribution in [3.8, 4) is 0 Å². The lowest BCUT2D eigenvalue weighted by atomic mass is 9.95. The number of hydrogen-bond donors (Lipinski definition) is 4. The van der Waals surface area contributed by atoms with E-state index in [2.05, 4.69) is 15.8 Å². The zero-order valence-corrected chi connectivity index (χ0v) is 25.1. The van der Waals surface area contributed by atoms with Crippen LogP contribution in [0.5, 0.6) is 0 Å². The minimum absolute atomic E-state index is 0.296. The fourth-order valence-electron chi connectivity index (χ4n) is 5.16. The van der Waals surface area contributed by atoms with Gasteiger partial charge in [0.2, 0.25) is 0 Å². The zero-order valence-electron chi connectivity index (χ0n) is 24.2. The molecule has 0 spiro atoms. The number of aryl methyl sites for hydroxylation is 3. The van der Waals surface area contributed by atoms with Gasteiger partial charge in [-0.1, -0.05) is 30.3 Å². The van der Waals surface area contributed by atoms with Crippen molar-refractivity contribution in [2.75, 3.05) is 18.4 Å². The van der Waals surface area contributed by atoms with Crippen LogP contribution in [0.2, 0.25) is 0 Å². The smallest absolute Gasteiger partial charge is 0.274 e. The maximum absolute atomic E-state index is 13.4. The molecule has 4 rings (SSSR count). The van der Waals surface area contributed by atoms with E-state index in [9.17, 15) is 19.8 Å². The van der Waals surface area contributed by atoms with Crippen molar-refractivity contribution < 1.29 is 19.8 Å². The Balaban J connectivity index is 1.51. The average Bonchev–Trinajstić information content (AvgIpc) is 3.28. The number of anilines is 1. The molecular weight excluding hydrogens is 536 g/mol. The Hall–Kier alpha value is -3.37. The fourth-order valence-corrected chi connectivity index (χ4v) is 6.44. The summed E-state index contributed by atoms with van der Waals surface area (Å²) < 4.78 is 0. The number of aliphatic hydroxyl groups is 2. The summed E-state index contributed by atoms with van der Waals surface area (Å²) >= 11 is 1.47. The second-order valence-electron chi connectivity index (χ2n) is 11.0. The van der Waals surface area contributed by atoms with Crippen LogP contribution in [0.4, 0.5) is 5.00 Å². The van der Waals surface area contributed by atoms with Crippen LogP contribution in [0, 0.1) is 13.8 Å². The Kier molecular flexibility index (Phi) is 10.4. The van der Waals surface area contributed by atoms with E-state index in [0.717, 1.165) is 52.8 Å². The number of hydrogen-bond acceptors (Lipinski definition) is 7. The molecule has 41 heavy (non-hydrogen) atoms. The van der Waals surface area contributed by atoms with Crippen molar-refractivity contribution in [2.45, 2.75) is 72.1 Å². The van der Waals surface area contributed by atoms with Gasteiger partial charge in [0.1, 0.15) is 5.00 Å². The standard InChI is InChI=1S/C32H40N4O4S/c1-20-12-13-24(14-21(20)2)16-33-35-31(40)29-27-10-5-6-11-28(27)41-32(29)34-30(39)26-9-7-8-25(15-26)19-36(17-22(3)37)18-23(4)38/h7-9,12-16,22-23,37-38H,5-6,10-11,17-19H2,1-4H3,(H,34,39)(H,35,40). The molecule has 2 unspecified atom stereocenters. The molecule has 1 aliphatic rings. The molecule has 0 fully saturated rings. The van der Waals surface area contributed by atoms with Gasteiger partial charge in [-0.15, -0.1) is 11.3 Å². The monoisotopic (exact) mass is 576 g/mol. The van der Waals surface area contributed by atoms with Gasteiger partial charge in [-0.3, -0.25) is 14.5 Å². The number of amides is 2. The Morgan fingerprint density at radius 1 is 1.00 bits per heavy atom. The van der Waals surface area contributed by atoms with Crippen LogP contribution in [-0.4, -0.2) is 58.4 Å². The highest BCUT2D eigenvalue weighted by Gasteiger charge is 2.26. The molecule has 0 aliphatic heterocycles. The predicted molar refractivity (Wildman–Crippen MR) is 165 cm³/mol. The molecule has 1 aliphatic carbocycles. The van der Waals surface area contributed by atoms with Crippen LogP contribution in [0.25, 0.3) is 0 Å². The first-order chi connectivity index (χ1) is 19.6. The first-order valence-corrected chi connectivity index (χ1v) is 15.0. The van der Waals surface area contributed by atoms with Crippen LogP contribution in [0.1, 0.15) is 80.1 Å². The summed E-state index contributed by atoms with van der Waals surface area (Å²) in [5, 5.41) is 27.5. The predicted octanol–water partition coefficient (Wildman–Crippen LogP) is 4.82. The molecule has 0 radical (unpaired) electrons. The summed E-state index contributed by atoms with van der Waals surface area (Å²) in [4.78, 5) is 29.9. The highest BCUT2D eigenvalue weighted by molar-refractivity contribution is 7.17. The molecule has 2 atom stereocenters. The summed E-state index contributed by atoms with van der Waals surface area (Å²) in [5.74, 6) is -0.629. The third kappa shape index (κ3) is 8.33. The van der Waals surface area contributed by atoms with E-state index >= 15 is 0 Å². The van der Waals surface area contributed by atoms with E-state index in [-0.39, 0.29) is 11.8 Å². The number of aliphatic hydroxyl groups excluding tert-OH is 2. The van der Waals surface area contributed by atoms with Crippen LogP contribution in [0.15, 0.2) is 47.6 Å². The first-order valence-electron chi connectivity index (χ1n) is 14.1. The van der Waals surface area contributed by atoms with Crippen molar-refractivity contribution in [3.63, 3.8) is 0 Å². The molecule has 218 valence electrons. The lowest BCUT2D eigenvalue weighted by Crippen LogP contribution is -2.35. The van der Waals surface area contributed by atoms with Gasteiger partial charge >= 0.3 is 0 Å². The molecular formula is C32H40N4O4S. The van der Waals surface area contributed by atoms with Gasteiger partial charge in [-0.2, -0.15) is 5.10 Å². The quantitative estimate of drug-likeness (QED) is 0.193. The van der Waals surface area contributed by atoms with E-state index in [1.165, 1.54) is 16.9 Å². The van der Waals surface area contributed by atoms with Gasteiger partial charge in [-0.25, -0.2) is 5.43 Å². The zero-order chi connectivity index (χ0) is 29.5. The van der Waals surface area contributed by atoms with Crippen molar-refractivity contribution in [1.29, 1.82) is 0 Å². The highest BCUT2D eigenvalue weighted by atomic mass is 32.1. The summed E-state index contributed by atoms with van der Waals surface area (Å²) in [7, 11) is 0. The third-order valence-electron chi connectivity index (χ3n) is 7.18. The van der Waals surface area contributed by atoms with Crippen molar-refractivity contribution in [3.05, 3.63) is 86.3 Å². The van der Waals surface area contributed by atoms with Gasteiger partial charge in [0.05, 0.1) is 24.0 Å². The number of fused-ring (bicyclic) bond motifs is 1. The molecule has 0 saturated heterocycles. The SMILES string of the molecule is Cc1ccc(C=NNC(=O)c2c(NC(=O)c3cccc(CN(CC(C)O)CC(C)O)c3)sc3c2CCCC3)cc1C. The number of rotatable bonds is 11. The first kappa shape index (κ1) is 30.6. The molecule has 2 aromatic carbocycles. The van der Waals surface area contributed by atoms with E-state index in [1.807, 2.05) is 55.1 Å². The molecule has 2 amide bonds. The fraction of sp³-hybridized carbons (Fsp3) is 0.406. The van der Waals surface area contributed by atoms with Gasteiger partial charge in [-0.05, 0) is 93.3 Å². The average molecular weight is 577 g/mol. The normalized spacial score (nSPS) is 14.6. The van der Waals surface area contributed by atoms with Gasteiger partial charge in [0.25, 0.3) is 11.8 Å². The van der Waals surface area contributed by atoms with E-state index in [4.69, 9.17) is 0 Å². The highest BCUT2D eigenvalue weighted by Crippen LogP contribution is 2.38. The maximum atomic E-state index is 13.4. The number of thiophene rings is 1. The maximum Gasteiger partial charge on any atom is 0.274 e. The van der Waals surface area contributed by atoms with Gasteiger partial charge in [0, 0.05) is 30.1 Å². The van der Waals surface area contributed by atoms with Gasteiger partial charge < -0.3 is 15.5 Å². The lowest BCUT2D eigenvalue weighted by molar-refractivity contribution is 0.0793. The summed E-state index contributed by atoms with van der Waals surface area (Å²) in [5.41, 5.74) is 8.77. The lowest BCUT2D eigenvalue weighted by Gasteiger charge is -2.25. The molecule has 0 saturated carbocycles. The molecule has 1 heterocycles. The van der Waals surface area contributed by atoms with Crippen LogP contribution < -0.4 is 10.7 Å². The van der Waals surface area contributed by atoms with Gasteiger partial charge in [0.15, 0.2) is 0 Å². The number of carbonyl (C=O) groups is 2. The van der Waals surface area contributed by atoms with Crippen molar-refractivity contribution >= 4 is 34.4 Å². The Bertz CT molecular complexity index is 1400. The van der Waals surface area contributed by atoms with Crippen molar-refractivity contribution in [2.24, 2.45) is 5.10 Å². The molecule has 3 aromatic rings. The minimum atomic E-state index is -0.542. The Morgan fingerprint density at radius 2 is 1.73 bits per heavy atom. The molecule has 1 aromatic heterocycles. The molecule has 9 heteroatoms. The van der Waals surface area contributed by atoms with E-state index in [0.29, 0.717) is 35.8 Å². The number of nitrogens with zero attached hydrogens (tertiary/aromatic N) is 2. The molecule has 8 nitrogen and oxygen atoms in total. The Labute approximate surface area is 246 Å². The second kappa shape index (κ2) is 14.0.